The molecule has 0 aliphatic carbocycles. The van der Waals surface area contributed by atoms with Crippen molar-refractivity contribution >= 4 is 11.8 Å². The Labute approximate surface area is 150 Å². The maximum Gasteiger partial charge on any atom is 0.410 e. The number of carbonyl (C=O) groups excluding carboxylic acids is 1. The topological polar surface area (TPSA) is 51.2 Å². The zero-order valence-corrected chi connectivity index (χ0v) is 15.9. The smallest absolute Gasteiger partial charge is 0.410 e. The molecule has 1 fully saturated rings. The molecule has 1 aliphatic rings. The highest BCUT2D eigenvalue weighted by molar-refractivity contribution is 5.69. The molecular weight excluding hydrogens is 320 g/mol. The van der Waals surface area contributed by atoms with E-state index in [1.165, 1.54) is 0 Å². The summed E-state index contributed by atoms with van der Waals surface area (Å²) in [7, 11) is 1.66. The van der Waals surface area contributed by atoms with Crippen molar-refractivity contribution in [2.24, 2.45) is 0 Å². The molecular formula is C19H30N2O4. The molecule has 0 aromatic heterocycles. The van der Waals surface area contributed by atoms with E-state index in [2.05, 4.69) is 24.0 Å². The Morgan fingerprint density at radius 3 is 2.40 bits per heavy atom. The third-order valence-electron chi connectivity index (χ3n) is 4.00. The second-order valence-electron chi connectivity index (χ2n) is 7.30. The number of amides is 1. The number of rotatable bonds is 5. The van der Waals surface area contributed by atoms with Gasteiger partial charge in [-0.15, -0.1) is 0 Å². The normalized spacial score (nSPS) is 18.2. The van der Waals surface area contributed by atoms with Crippen LogP contribution < -0.4 is 9.64 Å². The summed E-state index contributed by atoms with van der Waals surface area (Å²) in [5.74, 6) is 0.834. The first-order chi connectivity index (χ1) is 11.8. The average molecular weight is 350 g/mol. The van der Waals surface area contributed by atoms with Gasteiger partial charge in [0.05, 0.1) is 6.61 Å². The first kappa shape index (κ1) is 19.4. The fourth-order valence-corrected chi connectivity index (χ4v) is 2.81. The molecule has 25 heavy (non-hydrogen) atoms. The van der Waals surface area contributed by atoms with E-state index in [1.807, 2.05) is 32.9 Å². The largest absolute Gasteiger partial charge is 0.491 e. The van der Waals surface area contributed by atoms with E-state index >= 15 is 0 Å². The van der Waals surface area contributed by atoms with Crippen LogP contribution in [-0.2, 0) is 9.47 Å². The van der Waals surface area contributed by atoms with Crippen LogP contribution in [0.2, 0.25) is 0 Å². The van der Waals surface area contributed by atoms with Crippen LogP contribution in [0, 0.1) is 0 Å². The second-order valence-corrected chi connectivity index (χ2v) is 7.30. The molecule has 1 heterocycles. The van der Waals surface area contributed by atoms with Gasteiger partial charge in [-0.25, -0.2) is 4.79 Å². The minimum atomic E-state index is -0.462. The molecule has 1 saturated heterocycles. The lowest BCUT2D eigenvalue weighted by molar-refractivity contribution is 0.0219. The van der Waals surface area contributed by atoms with Gasteiger partial charge >= 0.3 is 6.09 Å². The van der Waals surface area contributed by atoms with E-state index < -0.39 is 5.60 Å². The highest BCUT2D eigenvalue weighted by Gasteiger charge is 2.29. The minimum absolute atomic E-state index is 0.224. The lowest BCUT2D eigenvalue weighted by Crippen LogP contribution is -2.54. The van der Waals surface area contributed by atoms with Crippen LogP contribution in [0.15, 0.2) is 24.3 Å². The molecule has 1 atom stereocenters. The zero-order chi connectivity index (χ0) is 18.4. The third kappa shape index (κ3) is 5.81. The standard InChI is InChI=1S/C19H30N2O4/c1-15-14-20(18(22)25-19(2,3)4)10-11-21(15)16-6-8-17(9-7-16)24-13-12-23-5/h6-9,15H,10-14H2,1-5H3. The van der Waals surface area contributed by atoms with E-state index in [1.54, 1.807) is 12.0 Å². The number of ether oxygens (including phenoxy) is 3. The Hall–Kier alpha value is -1.95. The van der Waals surface area contributed by atoms with E-state index in [4.69, 9.17) is 14.2 Å². The number of anilines is 1. The van der Waals surface area contributed by atoms with Crippen LogP contribution in [0.4, 0.5) is 10.5 Å². The highest BCUT2D eigenvalue weighted by atomic mass is 16.6. The van der Waals surface area contributed by atoms with Gasteiger partial charge in [-0.3, -0.25) is 0 Å². The first-order valence-corrected chi connectivity index (χ1v) is 8.76. The van der Waals surface area contributed by atoms with E-state index in [0.29, 0.717) is 26.3 Å². The Morgan fingerprint density at radius 1 is 1.16 bits per heavy atom. The van der Waals surface area contributed by atoms with Gasteiger partial charge in [0.2, 0.25) is 0 Å². The van der Waals surface area contributed by atoms with Crippen molar-refractivity contribution in [1.82, 2.24) is 4.90 Å². The number of carbonyl (C=O) groups is 1. The summed E-state index contributed by atoms with van der Waals surface area (Å²) in [4.78, 5) is 16.3. The van der Waals surface area contributed by atoms with Crippen molar-refractivity contribution in [2.75, 3.05) is 44.9 Å². The minimum Gasteiger partial charge on any atom is -0.491 e. The molecule has 0 spiro atoms. The molecule has 0 N–H and O–H groups in total. The summed E-state index contributed by atoms with van der Waals surface area (Å²) in [5, 5.41) is 0. The molecule has 6 heteroatoms. The van der Waals surface area contributed by atoms with E-state index in [9.17, 15) is 4.79 Å². The summed E-state index contributed by atoms with van der Waals surface area (Å²) in [6.07, 6.45) is -0.235. The van der Waals surface area contributed by atoms with Crippen LogP contribution >= 0.6 is 0 Å². The molecule has 1 amide bonds. The highest BCUT2D eigenvalue weighted by Crippen LogP contribution is 2.24. The van der Waals surface area contributed by atoms with Crippen LogP contribution in [-0.4, -0.2) is 62.6 Å². The summed E-state index contributed by atoms with van der Waals surface area (Å²) < 4.78 is 16.0. The van der Waals surface area contributed by atoms with Crippen LogP contribution in [0.25, 0.3) is 0 Å². The number of hydrogen-bond acceptors (Lipinski definition) is 5. The van der Waals surface area contributed by atoms with Crippen molar-refractivity contribution in [3.8, 4) is 5.75 Å². The molecule has 1 aliphatic heterocycles. The van der Waals surface area contributed by atoms with Crippen molar-refractivity contribution in [2.45, 2.75) is 39.3 Å². The number of benzene rings is 1. The van der Waals surface area contributed by atoms with Gasteiger partial charge in [-0.05, 0) is 52.0 Å². The SMILES string of the molecule is COCCOc1ccc(N2CCN(C(=O)OC(C)(C)C)CC2C)cc1. The summed E-state index contributed by atoms with van der Waals surface area (Å²) >= 11 is 0. The van der Waals surface area contributed by atoms with E-state index in [-0.39, 0.29) is 12.1 Å². The van der Waals surface area contributed by atoms with Gasteiger partial charge in [0, 0.05) is 38.5 Å². The van der Waals surface area contributed by atoms with Gasteiger partial charge in [-0.1, -0.05) is 0 Å². The summed E-state index contributed by atoms with van der Waals surface area (Å²) in [6.45, 7) is 11.0. The fourth-order valence-electron chi connectivity index (χ4n) is 2.81. The summed E-state index contributed by atoms with van der Waals surface area (Å²) in [6, 6.07) is 8.28. The predicted octanol–water partition coefficient (Wildman–Crippen LogP) is 3.16. The number of hydrogen-bond donors (Lipinski definition) is 0. The fraction of sp³-hybridized carbons (Fsp3) is 0.632. The molecule has 1 unspecified atom stereocenters. The molecule has 0 radical (unpaired) electrons. The molecule has 140 valence electrons. The number of piperazine rings is 1. The van der Waals surface area contributed by atoms with Crippen molar-refractivity contribution < 1.29 is 19.0 Å². The van der Waals surface area contributed by atoms with Gasteiger partial charge in [-0.2, -0.15) is 0 Å². The Balaban J connectivity index is 1.91. The molecule has 1 aromatic carbocycles. The van der Waals surface area contributed by atoms with Gasteiger partial charge in [0.1, 0.15) is 18.0 Å². The Morgan fingerprint density at radius 2 is 1.84 bits per heavy atom. The quantitative estimate of drug-likeness (QED) is 0.764. The van der Waals surface area contributed by atoms with Crippen molar-refractivity contribution in [3.05, 3.63) is 24.3 Å². The second kappa shape index (κ2) is 8.43. The molecule has 0 saturated carbocycles. The Bertz CT molecular complexity index is 554. The zero-order valence-electron chi connectivity index (χ0n) is 15.9. The predicted molar refractivity (Wildman–Crippen MR) is 98.4 cm³/mol. The van der Waals surface area contributed by atoms with Crippen molar-refractivity contribution in [3.63, 3.8) is 0 Å². The summed E-state index contributed by atoms with van der Waals surface area (Å²) in [5.41, 5.74) is 0.672. The van der Waals surface area contributed by atoms with Crippen LogP contribution in [0.3, 0.4) is 0 Å². The third-order valence-corrected chi connectivity index (χ3v) is 4.00. The Kier molecular flexibility index (Phi) is 6.53. The number of methoxy groups -OCH3 is 1. The maximum absolute atomic E-state index is 12.2. The van der Waals surface area contributed by atoms with Crippen LogP contribution in [0.1, 0.15) is 27.7 Å². The maximum atomic E-state index is 12.2. The lowest BCUT2D eigenvalue weighted by atomic mass is 10.1. The van der Waals surface area contributed by atoms with Gasteiger partial charge in [0.15, 0.2) is 0 Å². The van der Waals surface area contributed by atoms with E-state index in [0.717, 1.165) is 18.0 Å². The monoisotopic (exact) mass is 350 g/mol. The number of nitrogens with zero attached hydrogens (tertiary/aromatic N) is 2. The molecule has 0 bridgehead atoms. The first-order valence-electron chi connectivity index (χ1n) is 8.76. The van der Waals surface area contributed by atoms with Crippen LogP contribution in [0.5, 0.6) is 5.75 Å². The van der Waals surface area contributed by atoms with Crippen molar-refractivity contribution in [1.29, 1.82) is 0 Å². The molecule has 1 aromatic rings. The molecule has 2 rings (SSSR count). The lowest BCUT2D eigenvalue weighted by Gasteiger charge is -2.41. The van der Waals surface area contributed by atoms with Gasteiger partial charge < -0.3 is 24.0 Å². The molecule has 6 nitrogen and oxygen atoms in total. The van der Waals surface area contributed by atoms with Gasteiger partial charge in [0.25, 0.3) is 0 Å². The average Bonchev–Trinajstić information content (AvgIpc) is 2.54.